The van der Waals surface area contributed by atoms with E-state index >= 15 is 0 Å². The second-order valence-corrected chi connectivity index (χ2v) is 5.79. The molecule has 1 aromatic carbocycles. The molecule has 1 unspecified atom stereocenters. The van der Waals surface area contributed by atoms with Crippen LogP contribution < -0.4 is 10.1 Å². The highest BCUT2D eigenvalue weighted by atomic mass is 79.9. The molecular formula is C15H17BrClN3O. The molecule has 0 saturated carbocycles. The van der Waals surface area contributed by atoms with E-state index in [0.29, 0.717) is 10.9 Å². The molecule has 2 aromatic rings. The summed E-state index contributed by atoms with van der Waals surface area (Å²) >= 11 is 9.72. The molecule has 0 saturated heterocycles. The summed E-state index contributed by atoms with van der Waals surface area (Å²) in [7, 11) is 1.59. The van der Waals surface area contributed by atoms with E-state index in [4.69, 9.17) is 16.3 Å². The number of hydrogen-bond acceptors (Lipinski definition) is 4. The van der Waals surface area contributed by atoms with E-state index < -0.39 is 0 Å². The van der Waals surface area contributed by atoms with E-state index in [2.05, 4.69) is 38.1 Å². The van der Waals surface area contributed by atoms with Gasteiger partial charge in [0.15, 0.2) is 0 Å². The molecule has 1 N–H and O–H groups in total. The standard InChI is InChI=1S/C15H17BrClN3O/c1-3-6-18-13(11-9-10(17)4-5-12(11)16)14-15(21-2)20-8-7-19-14/h4-5,7-9,13,18H,3,6H2,1-2H3. The quantitative estimate of drug-likeness (QED) is 0.835. The molecule has 0 amide bonds. The maximum absolute atomic E-state index is 6.14. The molecule has 1 aromatic heterocycles. The highest BCUT2D eigenvalue weighted by Gasteiger charge is 2.22. The molecule has 0 spiro atoms. The first-order chi connectivity index (χ1) is 10.2. The molecule has 0 radical (unpaired) electrons. The fourth-order valence-electron chi connectivity index (χ4n) is 2.07. The van der Waals surface area contributed by atoms with Crippen molar-refractivity contribution in [3.63, 3.8) is 0 Å². The highest BCUT2D eigenvalue weighted by molar-refractivity contribution is 9.10. The van der Waals surface area contributed by atoms with Crippen molar-refractivity contribution < 1.29 is 4.74 Å². The van der Waals surface area contributed by atoms with Crippen molar-refractivity contribution in [2.75, 3.05) is 13.7 Å². The number of nitrogens with zero attached hydrogens (tertiary/aromatic N) is 2. The van der Waals surface area contributed by atoms with Crippen molar-refractivity contribution in [1.82, 2.24) is 15.3 Å². The average Bonchev–Trinajstić information content (AvgIpc) is 2.51. The molecule has 21 heavy (non-hydrogen) atoms. The average molecular weight is 371 g/mol. The Bertz CT molecular complexity index is 609. The third-order valence-electron chi connectivity index (χ3n) is 3.03. The molecule has 1 heterocycles. The first-order valence-corrected chi connectivity index (χ1v) is 7.87. The number of nitrogens with one attached hydrogen (secondary N) is 1. The lowest BCUT2D eigenvalue weighted by molar-refractivity contribution is 0.382. The van der Waals surface area contributed by atoms with Crippen LogP contribution in [0.1, 0.15) is 30.6 Å². The lowest BCUT2D eigenvalue weighted by Crippen LogP contribution is -2.25. The van der Waals surface area contributed by atoms with Gasteiger partial charge in [-0.1, -0.05) is 34.5 Å². The van der Waals surface area contributed by atoms with Gasteiger partial charge in [-0.15, -0.1) is 0 Å². The minimum absolute atomic E-state index is 0.137. The van der Waals surface area contributed by atoms with E-state index in [-0.39, 0.29) is 6.04 Å². The molecule has 1 atom stereocenters. The zero-order valence-electron chi connectivity index (χ0n) is 11.9. The number of rotatable bonds is 6. The number of hydrogen-bond donors (Lipinski definition) is 1. The maximum Gasteiger partial charge on any atom is 0.237 e. The van der Waals surface area contributed by atoms with E-state index in [1.807, 2.05) is 18.2 Å². The molecule has 0 aliphatic heterocycles. The van der Waals surface area contributed by atoms with E-state index in [9.17, 15) is 0 Å². The fourth-order valence-corrected chi connectivity index (χ4v) is 2.73. The van der Waals surface area contributed by atoms with Crippen molar-refractivity contribution in [2.45, 2.75) is 19.4 Å². The van der Waals surface area contributed by atoms with Gasteiger partial charge in [-0.3, -0.25) is 4.98 Å². The zero-order valence-corrected chi connectivity index (χ0v) is 14.3. The normalized spacial score (nSPS) is 12.2. The monoisotopic (exact) mass is 369 g/mol. The second-order valence-electron chi connectivity index (χ2n) is 4.50. The van der Waals surface area contributed by atoms with Crippen molar-refractivity contribution in [2.24, 2.45) is 0 Å². The SMILES string of the molecule is CCCNC(c1cc(Cl)ccc1Br)c1nccnc1OC. The van der Waals surface area contributed by atoms with Crippen molar-refractivity contribution >= 4 is 27.5 Å². The Morgan fingerprint density at radius 3 is 2.81 bits per heavy atom. The van der Waals surface area contributed by atoms with Crippen LogP contribution in [0.15, 0.2) is 35.1 Å². The van der Waals surface area contributed by atoms with Gasteiger partial charge in [-0.05, 0) is 36.7 Å². The first-order valence-electron chi connectivity index (χ1n) is 6.70. The Morgan fingerprint density at radius 2 is 2.10 bits per heavy atom. The number of benzene rings is 1. The highest BCUT2D eigenvalue weighted by Crippen LogP contribution is 2.33. The molecule has 112 valence electrons. The molecule has 0 bridgehead atoms. The summed E-state index contributed by atoms with van der Waals surface area (Å²) in [4.78, 5) is 8.67. The summed E-state index contributed by atoms with van der Waals surface area (Å²) in [6.45, 7) is 2.97. The van der Waals surface area contributed by atoms with Crippen molar-refractivity contribution in [3.05, 3.63) is 51.3 Å². The maximum atomic E-state index is 6.14. The smallest absolute Gasteiger partial charge is 0.237 e. The van der Waals surface area contributed by atoms with Gasteiger partial charge < -0.3 is 10.1 Å². The largest absolute Gasteiger partial charge is 0.480 e. The zero-order chi connectivity index (χ0) is 15.2. The molecule has 0 aliphatic rings. The van der Waals surface area contributed by atoms with Gasteiger partial charge in [-0.2, -0.15) is 0 Å². The molecule has 0 fully saturated rings. The van der Waals surface area contributed by atoms with Crippen LogP contribution >= 0.6 is 27.5 Å². The topological polar surface area (TPSA) is 47.0 Å². The van der Waals surface area contributed by atoms with E-state index in [1.54, 1.807) is 19.5 Å². The fraction of sp³-hybridized carbons (Fsp3) is 0.333. The first kappa shape index (κ1) is 16.2. The van der Waals surface area contributed by atoms with Crippen LogP contribution in [0.2, 0.25) is 5.02 Å². The summed E-state index contributed by atoms with van der Waals surface area (Å²) in [5.41, 5.74) is 1.76. The lowest BCUT2D eigenvalue weighted by Gasteiger charge is -2.21. The van der Waals surface area contributed by atoms with Crippen LogP contribution in [0, 0.1) is 0 Å². The number of methoxy groups -OCH3 is 1. The van der Waals surface area contributed by atoms with Crippen LogP contribution in [0.25, 0.3) is 0 Å². The van der Waals surface area contributed by atoms with Gasteiger partial charge in [0.1, 0.15) is 5.69 Å². The van der Waals surface area contributed by atoms with Crippen LogP contribution in [-0.2, 0) is 0 Å². The Morgan fingerprint density at radius 1 is 1.33 bits per heavy atom. The minimum Gasteiger partial charge on any atom is -0.480 e. The summed E-state index contributed by atoms with van der Waals surface area (Å²) < 4.78 is 6.30. The van der Waals surface area contributed by atoms with Crippen LogP contribution in [0.5, 0.6) is 5.88 Å². The van der Waals surface area contributed by atoms with Crippen LogP contribution in [0.3, 0.4) is 0 Å². The van der Waals surface area contributed by atoms with Gasteiger partial charge in [0, 0.05) is 21.9 Å². The third-order valence-corrected chi connectivity index (χ3v) is 3.98. The Hall–Kier alpha value is -1.17. The van der Waals surface area contributed by atoms with Gasteiger partial charge >= 0.3 is 0 Å². The van der Waals surface area contributed by atoms with Gasteiger partial charge in [0.25, 0.3) is 0 Å². The molecule has 2 rings (SSSR count). The van der Waals surface area contributed by atoms with Gasteiger partial charge in [0.05, 0.1) is 13.2 Å². The Balaban J connectivity index is 2.49. The predicted octanol–water partition coefficient (Wildman–Crippen LogP) is 3.99. The molecule has 4 nitrogen and oxygen atoms in total. The number of ether oxygens (including phenoxy) is 1. The molecule has 6 heteroatoms. The number of aromatic nitrogens is 2. The molecular weight excluding hydrogens is 354 g/mol. The third kappa shape index (κ3) is 3.93. The summed E-state index contributed by atoms with van der Waals surface area (Å²) in [6.07, 6.45) is 4.29. The molecule has 0 aliphatic carbocycles. The van der Waals surface area contributed by atoms with Crippen LogP contribution in [0.4, 0.5) is 0 Å². The van der Waals surface area contributed by atoms with E-state index in [0.717, 1.165) is 28.7 Å². The van der Waals surface area contributed by atoms with Gasteiger partial charge in [-0.25, -0.2) is 4.98 Å². The predicted molar refractivity (Wildman–Crippen MR) is 87.9 cm³/mol. The lowest BCUT2D eigenvalue weighted by atomic mass is 10.0. The Kier molecular flexibility index (Phi) is 5.96. The summed E-state index contributed by atoms with van der Waals surface area (Å²) in [5, 5.41) is 4.15. The summed E-state index contributed by atoms with van der Waals surface area (Å²) in [6, 6.07) is 5.57. The Labute approximate surface area is 138 Å². The second kappa shape index (κ2) is 7.73. The van der Waals surface area contributed by atoms with E-state index in [1.165, 1.54) is 0 Å². The summed E-state index contributed by atoms with van der Waals surface area (Å²) in [5.74, 6) is 0.512. The van der Waals surface area contributed by atoms with Crippen molar-refractivity contribution in [3.8, 4) is 5.88 Å². The van der Waals surface area contributed by atoms with Crippen molar-refractivity contribution in [1.29, 1.82) is 0 Å². The van der Waals surface area contributed by atoms with Crippen LogP contribution in [-0.4, -0.2) is 23.6 Å². The van der Waals surface area contributed by atoms with Gasteiger partial charge in [0.2, 0.25) is 5.88 Å². The minimum atomic E-state index is -0.137. The number of halogens is 2.